The van der Waals surface area contributed by atoms with E-state index in [4.69, 9.17) is 9.47 Å². The van der Waals surface area contributed by atoms with Gasteiger partial charge in [0, 0.05) is 11.1 Å². The van der Waals surface area contributed by atoms with Crippen LogP contribution >= 0.6 is 0 Å². The van der Waals surface area contributed by atoms with E-state index in [0.29, 0.717) is 26.3 Å². The van der Waals surface area contributed by atoms with Crippen LogP contribution in [0.5, 0.6) is 0 Å². The Labute approximate surface area is 179 Å². The summed E-state index contributed by atoms with van der Waals surface area (Å²) in [6, 6.07) is 15.8. The molecule has 4 rings (SSSR count). The number of rotatable bonds is 3. The highest BCUT2D eigenvalue weighted by atomic mass is 16.6. The average molecular weight is 415 g/mol. The number of benzene rings is 2. The lowest BCUT2D eigenvalue weighted by molar-refractivity contribution is -0.912. The molecule has 0 saturated carbocycles. The summed E-state index contributed by atoms with van der Waals surface area (Å²) in [4.78, 5) is 0. The standard InChI is InChI=1S/C24H34N2O4/c1-25(2)13-15-29-23(27,17-25)21-9-5-19(6-10-21)20-7-11-22(12-8-20)24(28)18-26(3,4)14-16-30-24/h5-12,27-28H,13-18H2,1-4H3/q+2/t23-,24-/m1/s1. The summed E-state index contributed by atoms with van der Waals surface area (Å²) < 4.78 is 12.9. The van der Waals surface area contributed by atoms with Crippen LogP contribution in [0.3, 0.4) is 0 Å². The van der Waals surface area contributed by atoms with E-state index in [1.807, 2.05) is 48.5 Å². The van der Waals surface area contributed by atoms with E-state index < -0.39 is 11.6 Å². The van der Waals surface area contributed by atoms with E-state index in [1.54, 1.807) is 0 Å². The summed E-state index contributed by atoms with van der Waals surface area (Å²) in [5.74, 6) is -2.51. The molecule has 30 heavy (non-hydrogen) atoms. The Morgan fingerprint density at radius 3 is 1.27 bits per heavy atom. The number of morpholine rings is 2. The zero-order chi connectivity index (χ0) is 21.6. The Morgan fingerprint density at radius 1 is 0.633 bits per heavy atom. The predicted molar refractivity (Wildman–Crippen MR) is 115 cm³/mol. The highest BCUT2D eigenvalue weighted by Gasteiger charge is 2.43. The number of quaternary nitrogens is 2. The second-order valence-corrected chi connectivity index (χ2v) is 10.1. The van der Waals surface area contributed by atoms with Gasteiger partial charge in [-0.2, -0.15) is 0 Å². The minimum absolute atomic E-state index is 0.522. The summed E-state index contributed by atoms with van der Waals surface area (Å²) in [6.07, 6.45) is 0. The molecule has 2 N–H and O–H groups in total. The Kier molecular flexibility index (Phi) is 5.29. The van der Waals surface area contributed by atoms with Crippen molar-refractivity contribution in [3.63, 3.8) is 0 Å². The fourth-order valence-electron chi connectivity index (χ4n) is 4.53. The van der Waals surface area contributed by atoms with Crippen LogP contribution in [-0.4, -0.2) is 86.8 Å². The fraction of sp³-hybridized carbons (Fsp3) is 0.500. The normalized spacial score (nSPS) is 30.7. The number of likely N-dealkylation sites (N-methyl/N-ethyl adjacent to an activating group) is 2. The van der Waals surface area contributed by atoms with Gasteiger partial charge in [-0.05, 0) is 11.1 Å². The molecule has 2 saturated heterocycles. The monoisotopic (exact) mass is 414 g/mol. The lowest BCUT2D eigenvalue weighted by Gasteiger charge is -2.42. The third kappa shape index (κ3) is 4.30. The topological polar surface area (TPSA) is 58.9 Å². The first-order valence-corrected chi connectivity index (χ1v) is 10.6. The minimum atomic E-state index is -1.25. The van der Waals surface area contributed by atoms with Gasteiger partial charge in [-0.3, -0.25) is 0 Å². The molecule has 0 spiro atoms. The smallest absolute Gasteiger partial charge is 0.243 e. The second-order valence-electron chi connectivity index (χ2n) is 10.1. The molecular formula is C24H34N2O4+2. The van der Waals surface area contributed by atoms with Crippen molar-refractivity contribution in [2.24, 2.45) is 0 Å². The Balaban J connectivity index is 1.53. The number of aliphatic hydroxyl groups is 2. The van der Waals surface area contributed by atoms with Gasteiger partial charge in [-0.15, -0.1) is 0 Å². The second kappa shape index (κ2) is 7.41. The Bertz CT molecular complexity index is 819. The summed E-state index contributed by atoms with van der Waals surface area (Å²) >= 11 is 0. The molecular weight excluding hydrogens is 380 g/mol. The molecule has 2 fully saturated rings. The molecule has 2 heterocycles. The average Bonchev–Trinajstić information content (AvgIpc) is 2.66. The lowest BCUT2D eigenvalue weighted by atomic mass is 9.96. The van der Waals surface area contributed by atoms with Gasteiger partial charge in [0.1, 0.15) is 26.2 Å². The number of hydrogen-bond donors (Lipinski definition) is 2. The number of nitrogens with zero attached hydrogens (tertiary/aromatic N) is 2. The van der Waals surface area contributed by atoms with Crippen LogP contribution in [0.1, 0.15) is 11.1 Å². The van der Waals surface area contributed by atoms with Gasteiger partial charge in [0.05, 0.1) is 41.4 Å². The number of hydrogen-bond acceptors (Lipinski definition) is 4. The summed E-state index contributed by atoms with van der Waals surface area (Å²) in [5, 5.41) is 22.0. The van der Waals surface area contributed by atoms with Crippen LogP contribution < -0.4 is 0 Å². The van der Waals surface area contributed by atoms with Crippen molar-refractivity contribution in [3.8, 4) is 11.1 Å². The van der Waals surface area contributed by atoms with E-state index in [2.05, 4.69) is 28.2 Å². The molecule has 0 aliphatic carbocycles. The molecule has 6 heteroatoms. The molecule has 2 aliphatic rings. The Hall–Kier alpha value is -1.80. The fourth-order valence-corrected chi connectivity index (χ4v) is 4.53. The van der Waals surface area contributed by atoms with Gasteiger partial charge in [-0.1, -0.05) is 48.5 Å². The van der Waals surface area contributed by atoms with Crippen LogP contribution in [0.2, 0.25) is 0 Å². The third-order valence-electron chi connectivity index (χ3n) is 6.36. The maximum absolute atomic E-state index is 11.0. The van der Waals surface area contributed by atoms with Crippen molar-refractivity contribution in [2.45, 2.75) is 11.6 Å². The van der Waals surface area contributed by atoms with Gasteiger partial charge in [0.25, 0.3) is 0 Å². The number of ether oxygens (including phenoxy) is 2. The molecule has 162 valence electrons. The molecule has 2 aromatic carbocycles. The SMILES string of the molecule is C[N+]1(C)CCO[C@@](O)(c2ccc(-c3ccc([C@@]4(O)C[N+](C)(C)CCO4)cc3)cc2)C1. The molecule has 0 radical (unpaired) electrons. The van der Waals surface area contributed by atoms with Gasteiger partial charge in [0.2, 0.25) is 11.6 Å². The maximum atomic E-state index is 11.0. The van der Waals surface area contributed by atoms with E-state index in [1.165, 1.54) is 0 Å². The van der Waals surface area contributed by atoms with Crippen LogP contribution in [0.15, 0.2) is 48.5 Å². The van der Waals surface area contributed by atoms with Crippen molar-refractivity contribution in [2.75, 3.05) is 67.6 Å². The molecule has 2 atom stereocenters. The molecule has 0 amide bonds. The Morgan fingerprint density at radius 2 is 0.967 bits per heavy atom. The molecule has 0 bridgehead atoms. The molecule has 6 nitrogen and oxygen atoms in total. The van der Waals surface area contributed by atoms with Crippen molar-refractivity contribution in [1.82, 2.24) is 0 Å². The maximum Gasteiger partial charge on any atom is 0.243 e. The van der Waals surface area contributed by atoms with E-state index in [9.17, 15) is 10.2 Å². The highest BCUT2D eigenvalue weighted by molar-refractivity contribution is 5.64. The van der Waals surface area contributed by atoms with Crippen molar-refractivity contribution >= 4 is 0 Å². The van der Waals surface area contributed by atoms with E-state index >= 15 is 0 Å². The van der Waals surface area contributed by atoms with Crippen LogP contribution in [0.4, 0.5) is 0 Å². The first-order chi connectivity index (χ1) is 14.0. The van der Waals surface area contributed by atoms with Gasteiger partial charge in [0.15, 0.2) is 0 Å². The summed E-state index contributed by atoms with van der Waals surface area (Å²) in [6.45, 7) is 3.89. The lowest BCUT2D eigenvalue weighted by Crippen LogP contribution is -2.57. The summed E-state index contributed by atoms with van der Waals surface area (Å²) in [7, 11) is 8.42. The predicted octanol–water partition coefficient (Wildman–Crippen LogP) is 1.86. The van der Waals surface area contributed by atoms with Crippen molar-refractivity contribution in [1.29, 1.82) is 0 Å². The zero-order valence-corrected chi connectivity index (χ0v) is 18.5. The highest BCUT2D eigenvalue weighted by Crippen LogP contribution is 2.33. The third-order valence-corrected chi connectivity index (χ3v) is 6.36. The quantitative estimate of drug-likeness (QED) is 0.753. The van der Waals surface area contributed by atoms with E-state index in [0.717, 1.165) is 44.3 Å². The molecule has 2 aromatic rings. The van der Waals surface area contributed by atoms with Crippen molar-refractivity contribution in [3.05, 3.63) is 59.7 Å². The van der Waals surface area contributed by atoms with Crippen molar-refractivity contribution < 1.29 is 28.7 Å². The van der Waals surface area contributed by atoms with Crippen LogP contribution in [-0.2, 0) is 21.0 Å². The van der Waals surface area contributed by atoms with Gasteiger partial charge < -0.3 is 28.7 Å². The van der Waals surface area contributed by atoms with Crippen LogP contribution in [0.25, 0.3) is 11.1 Å². The van der Waals surface area contributed by atoms with E-state index in [-0.39, 0.29) is 0 Å². The zero-order valence-electron chi connectivity index (χ0n) is 18.5. The van der Waals surface area contributed by atoms with Gasteiger partial charge in [-0.25, -0.2) is 0 Å². The first kappa shape index (κ1) is 21.4. The minimum Gasteiger partial charge on any atom is -0.357 e. The molecule has 0 unspecified atom stereocenters. The first-order valence-electron chi connectivity index (χ1n) is 10.6. The van der Waals surface area contributed by atoms with Crippen LogP contribution in [0, 0.1) is 0 Å². The van der Waals surface area contributed by atoms with Gasteiger partial charge >= 0.3 is 0 Å². The molecule has 2 aliphatic heterocycles. The summed E-state index contributed by atoms with van der Waals surface area (Å²) in [5.41, 5.74) is 3.65. The molecule has 0 aromatic heterocycles. The largest absolute Gasteiger partial charge is 0.357 e.